The molecule has 1 atom stereocenters. The number of hydrazine groups is 1. The lowest BCUT2D eigenvalue weighted by Crippen LogP contribution is -2.42. The number of ether oxygens (including phenoxy) is 1. The van der Waals surface area contributed by atoms with E-state index in [0.29, 0.717) is 17.8 Å². The number of aliphatic hydroxyl groups is 1. The summed E-state index contributed by atoms with van der Waals surface area (Å²) in [6.07, 6.45) is 0. The van der Waals surface area contributed by atoms with Gasteiger partial charge in [-0.15, -0.1) is 0 Å². The van der Waals surface area contributed by atoms with Gasteiger partial charge in [0, 0.05) is 5.56 Å². The van der Waals surface area contributed by atoms with E-state index in [1.165, 1.54) is 5.01 Å². The monoisotopic (exact) mass is 344 g/mol. The van der Waals surface area contributed by atoms with Gasteiger partial charge in [0.1, 0.15) is 5.60 Å². The largest absolute Gasteiger partial charge is 0.456 e. The summed E-state index contributed by atoms with van der Waals surface area (Å²) in [6, 6.07) is 7.45. The van der Waals surface area contributed by atoms with Crippen molar-refractivity contribution in [2.24, 2.45) is 5.41 Å². The maximum absolute atomic E-state index is 12.9. The Balaban J connectivity index is 2.16. The van der Waals surface area contributed by atoms with Crippen LogP contribution < -0.4 is 5.01 Å². The van der Waals surface area contributed by atoms with Gasteiger partial charge in [0.15, 0.2) is 0 Å². The first kappa shape index (κ1) is 17.5. The summed E-state index contributed by atoms with van der Waals surface area (Å²) >= 11 is 0. The molecular formula is C19H24N2O4. The molecule has 1 aromatic rings. The minimum Gasteiger partial charge on any atom is -0.456 e. The summed E-state index contributed by atoms with van der Waals surface area (Å²) in [6.45, 7) is 9.01. The van der Waals surface area contributed by atoms with Crippen molar-refractivity contribution < 1.29 is 19.4 Å². The van der Waals surface area contributed by atoms with Crippen molar-refractivity contribution in [1.82, 2.24) is 5.01 Å². The maximum Gasteiger partial charge on any atom is 0.341 e. The molecule has 1 amide bonds. The number of fused-ring (bicyclic) bond motifs is 3. The molecule has 6 nitrogen and oxygen atoms in total. The van der Waals surface area contributed by atoms with Crippen molar-refractivity contribution in [2.75, 3.05) is 18.2 Å². The fourth-order valence-corrected chi connectivity index (χ4v) is 3.28. The van der Waals surface area contributed by atoms with Crippen LogP contribution in [0.5, 0.6) is 0 Å². The zero-order chi connectivity index (χ0) is 18.6. The van der Waals surface area contributed by atoms with E-state index < -0.39 is 17.0 Å². The number of esters is 1. The summed E-state index contributed by atoms with van der Waals surface area (Å²) < 4.78 is 5.56. The zero-order valence-electron chi connectivity index (χ0n) is 15.3. The Morgan fingerprint density at radius 2 is 1.96 bits per heavy atom. The first-order valence-electron chi connectivity index (χ1n) is 8.35. The molecule has 1 unspecified atom stereocenters. The van der Waals surface area contributed by atoms with Crippen LogP contribution >= 0.6 is 0 Å². The van der Waals surface area contributed by atoms with E-state index in [4.69, 9.17) is 4.74 Å². The Morgan fingerprint density at radius 3 is 2.56 bits per heavy atom. The van der Waals surface area contributed by atoms with E-state index in [-0.39, 0.29) is 12.5 Å². The summed E-state index contributed by atoms with van der Waals surface area (Å²) in [7, 11) is 0. The van der Waals surface area contributed by atoms with Gasteiger partial charge < -0.3 is 9.84 Å². The number of anilines is 1. The van der Waals surface area contributed by atoms with Crippen molar-refractivity contribution in [3.8, 4) is 0 Å². The summed E-state index contributed by atoms with van der Waals surface area (Å²) in [5.74, 6) is -0.675. The van der Waals surface area contributed by atoms with Crippen LogP contribution in [0, 0.1) is 5.41 Å². The van der Waals surface area contributed by atoms with Gasteiger partial charge in [0.25, 0.3) is 5.91 Å². The second-order valence-electron chi connectivity index (χ2n) is 7.87. The Morgan fingerprint density at radius 1 is 1.32 bits per heavy atom. The van der Waals surface area contributed by atoms with Crippen molar-refractivity contribution >= 4 is 23.1 Å². The third-order valence-corrected chi connectivity index (χ3v) is 4.53. The predicted octanol–water partition coefficient (Wildman–Crippen LogP) is 2.34. The van der Waals surface area contributed by atoms with Crippen LogP contribution in [0.1, 0.15) is 40.2 Å². The van der Waals surface area contributed by atoms with Crippen LogP contribution in [0.4, 0.5) is 5.69 Å². The molecule has 2 aliphatic rings. The van der Waals surface area contributed by atoms with Gasteiger partial charge in [-0.25, -0.2) is 9.80 Å². The predicted molar refractivity (Wildman–Crippen MR) is 94.3 cm³/mol. The lowest BCUT2D eigenvalue weighted by molar-refractivity contribution is -0.147. The molecule has 1 saturated heterocycles. The molecule has 1 aromatic carbocycles. The molecule has 0 saturated carbocycles. The Kier molecular flexibility index (Phi) is 3.91. The van der Waals surface area contributed by atoms with Gasteiger partial charge in [-0.3, -0.25) is 9.80 Å². The number of aliphatic hydroxyl groups excluding tert-OH is 1. The number of allylic oxidation sites excluding steroid dienone is 1. The van der Waals surface area contributed by atoms with Crippen molar-refractivity contribution in [2.45, 2.75) is 40.2 Å². The zero-order valence-corrected chi connectivity index (χ0v) is 15.3. The molecule has 0 radical (unpaired) electrons. The molecule has 6 heteroatoms. The Hall–Kier alpha value is -2.34. The average Bonchev–Trinajstić information content (AvgIpc) is 2.79. The molecule has 1 fully saturated rings. The summed E-state index contributed by atoms with van der Waals surface area (Å²) in [5.41, 5.74) is 0.871. The minimum atomic E-state index is -0.905. The number of carbonyl (C=O) groups excluding carboxylic acids is 2. The maximum atomic E-state index is 12.9. The minimum absolute atomic E-state index is 0.219. The summed E-state index contributed by atoms with van der Waals surface area (Å²) in [5, 5.41) is 13.1. The Labute approximate surface area is 147 Å². The number of rotatable bonds is 2. The Bertz CT molecular complexity index is 778. The van der Waals surface area contributed by atoms with Gasteiger partial charge in [0.05, 0.1) is 35.5 Å². The van der Waals surface area contributed by atoms with Gasteiger partial charge in [-0.05, 0) is 40.7 Å². The van der Waals surface area contributed by atoms with Crippen molar-refractivity contribution in [3.05, 3.63) is 35.5 Å². The highest BCUT2D eigenvalue weighted by atomic mass is 16.6. The third kappa shape index (κ3) is 2.70. The normalized spacial score (nSPS) is 22.9. The third-order valence-electron chi connectivity index (χ3n) is 4.53. The van der Waals surface area contributed by atoms with Crippen LogP contribution in [-0.4, -0.2) is 40.7 Å². The average molecular weight is 344 g/mol. The highest BCUT2D eigenvalue weighted by Crippen LogP contribution is 2.44. The molecule has 1 N–H and O–H groups in total. The smallest absolute Gasteiger partial charge is 0.341 e. The van der Waals surface area contributed by atoms with E-state index in [1.807, 2.05) is 50.0 Å². The highest BCUT2D eigenvalue weighted by Gasteiger charge is 2.51. The first-order chi connectivity index (χ1) is 11.6. The molecular weight excluding hydrogens is 320 g/mol. The molecule has 0 aromatic heterocycles. The number of para-hydroxylation sites is 1. The second kappa shape index (κ2) is 5.59. The van der Waals surface area contributed by atoms with E-state index in [9.17, 15) is 14.7 Å². The van der Waals surface area contributed by atoms with Crippen molar-refractivity contribution in [1.29, 1.82) is 0 Å². The molecule has 0 spiro atoms. The molecule has 2 aliphatic heterocycles. The van der Waals surface area contributed by atoms with Crippen LogP contribution in [0.2, 0.25) is 0 Å². The molecule has 0 aliphatic carbocycles. The standard InChI is InChI=1S/C19H24N2O4/c1-12-15(16(23)25-18(2,3)4)13-8-6-7-9-14(13)20-10-19(5,11-22)17(24)21(12)20/h6-9,22H,10-11H2,1-5H3. The fourth-order valence-electron chi connectivity index (χ4n) is 3.28. The number of nitrogens with zero attached hydrogens (tertiary/aromatic N) is 2. The summed E-state index contributed by atoms with van der Waals surface area (Å²) in [4.78, 5) is 25.7. The van der Waals surface area contributed by atoms with Crippen molar-refractivity contribution in [3.63, 3.8) is 0 Å². The number of hydrogen-bond acceptors (Lipinski definition) is 5. The van der Waals surface area contributed by atoms with Crippen LogP contribution in [0.25, 0.3) is 5.57 Å². The SMILES string of the molecule is CC1=C(C(=O)OC(C)(C)C)c2ccccc2N2CC(C)(CO)C(=O)N12. The molecule has 25 heavy (non-hydrogen) atoms. The van der Waals surface area contributed by atoms with E-state index in [0.717, 1.165) is 11.3 Å². The van der Waals surface area contributed by atoms with Crippen LogP contribution in [0.15, 0.2) is 30.0 Å². The quantitative estimate of drug-likeness (QED) is 0.834. The van der Waals surface area contributed by atoms with Gasteiger partial charge in [0.2, 0.25) is 0 Å². The molecule has 0 bridgehead atoms. The number of carbonyl (C=O) groups is 2. The number of hydrogen-bond donors (Lipinski definition) is 1. The van der Waals surface area contributed by atoms with Gasteiger partial charge in [-0.2, -0.15) is 0 Å². The van der Waals surface area contributed by atoms with E-state index in [1.54, 1.807) is 13.8 Å². The molecule has 2 heterocycles. The topological polar surface area (TPSA) is 70.1 Å². The lowest BCUT2D eigenvalue weighted by Gasteiger charge is -2.37. The fraction of sp³-hybridized carbons (Fsp3) is 0.474. The van der Waals surface area contributed by atoms with Crippen LogP contribution in [0.3, 0.4) is 0 Å². The lowest BCUT2D eigenvalue weighted by atomic mass is 9.92. The number of amides is 1. The number of benzene rings is 1. The van der Waals surface area contributed by atoms with Gasteiger partial charge in [-0.1, -0.05) is 18.2 Å². The highest BCUT2D eigenvalue weighted by molar-refractivity contribution is 6.20. The first-order valence-corrected chi connectivity index (χ1v) is 8.35. The van der Waals surface area contributed by atoms with Crippen LogP contribution in [-0.2, 0) is 14.3 Å². The molecule has 3 rings (SSSR count). The molecule has 134 valence electrons. The van der Waals surface area contributed by atoms with E-state index >= 15 is 0 Å². The second-order valence-corrected chi connectivity index (χ2v) is 7.87. The van der Waals surface area contributed by atoms with E-state index in [2.05, 4.69) is 0 Å². The van der Waals surface area contributed by atoms with Gasteiger partial charge >= 0.3 is 5.97 Å².